The zero-order valence-corrected chi connectivity index (χ0v) is 17.8. The van der Waals surface area contributed by atoms with Gasteiger partial charge in [0.15, 0.2) is 5.73 Å². The van der Waals surface area contributed by atoms with Crippen LogP contribution in [0.3, 0.4) is 0 Å². The van der Waals surface area contributed by atoms with E-state index in [1.807, 2.05) is 65.0 Å². The van der Waals surface area contributed by atoms with Crippen LogP contribution < -0.4 is 0 Å². The van der Waals surface area contributed by atoms with Crippen molar-refractivity contribution < 1.29 is 22.8 Å². The third kappa shape index (κ3) is 6.83. The minimum Gasteiger partial charge on any atom is -0.458 e. The summed E-state index contributed by atoms with van der Waals surface area (Å²) in [6, 6.07) is 9.62. The van der Waals surface area contributed by atoms with E-state index in [1.54, 1.807) is 0 Å². The first-order chi connectivity index (χ1) is 12.5. The summed E-state index contributed by atoms with van der Waals surface area (Å²) in [5.41, 5.74) is 0.376. The van der Waals surface area contributed by atoms with Crippen LogP contribution >= 0.6 is 0 Å². The SMILES string of the molecule is CCCO[Si](OCCC)(OCCC)C(C)OC(=O)C(C)c1ccccc1. The molecule has 1 aromatic rings. The molecule has 2 atom stereocenters. The molecule has 0 saturated carbocycles. The Hall–Kier alpha value is -1.21. The average Bonchev–Trinajstić information content (AvgIpc) is 2.67. The van der Waals surface area contributed by atoms with E-state index in [9.17, 15) is 4.79 Å². The molecule has 0 saturated heterocycles. The molecule has 0 amide bonds. The first kappa shape index (κ1) is 22.8. The summed E-state index contributed by atoms with van der Waals surface area (Å²) in [6.45, 7) is 11.3. The molecule has 0 aliphatic carbocycles. The van der Waals surface area contributed by atoms with E-state index in [4.69, 9.17) is 18.0 Å². The summed E-state index contributed by atoms with van der Waals surface area (Å²) >= 11 is 0. The predicted octanol–water partition coefficient (Wildman–Crippen LogP) is 4.48. The lowest BCUT2D eigenvalue weighted by molar-refractivity contribution is -0.149. The van der Waals surface area contributed by atoms with Crippen molar-refractivity contribution >= 4 is 14.8 Å². The molecule has 1 aromatic carbocycles. The molecule has 2 unspecified atom stereocenters. The zero-order valence-electron chi connectivity index (χ0n) is 16.8. The topological polar surface area (TPSA) is 54.0 Å². The first-order valence-electron chi connectivity index (χ1n) is 9.68. The van der Waals surface area contributed by atoms with E-state index < -0.39 is 14.5 Å². The summed E-state index contributed by atoms with van der Waals surface area (Å²) in [5, 5.41) is 0. The number of rotatable bonds is 13. The Bertz CT molecular complexity index is 486. The molecule has 6 heteroatoms. The lowest BCUT2D eigenvalue weighted by Gasteiger charge is -2.34. The highest BCUT2D eigenvalue weighted by atomic mass is 28.4. The highest BCUT2D eigenvalue weighted by Crippen LogP contribution is 2.23. The maximum atomic E-state index is 12.7. The van der Waals surface area contributed by atoms with Crippen LogP contribution in [-0.4, -0.2) is 40.3 Å². The second kappa shape index (κ2) is 12.2. The van der Waals surface area contributed by atoms with E-state index in [2.05, 4.69) is 0 Å². The van der Waals surface area contributed by atoms with Gasteiger partial charge < -0.3 is 18.0 Å². The first-order valence-corrected chi connectivity index (χ1v) is 11.5. The van der Waals surface area contributed by atoms with Gasteiger partial charge in [0, 0.05) is 19.8 Å². The fourth-order valence-electron chi connectivity index (χ4n) is 2.44. The van der Waals surface area contributed by atoms with Crippen LogP contribution in [0, 0.1) is 0 Å². The van der Waals surface area contributed by atoms with Gasteiger partial charge in [0.1, 0.15) is 0 Å². The Kier molecular flexibility index (Phi) is 10.7. The van der Waals surface area contributed by atoms with Gasteiger partial charge in [0.05, 0.1) is 5.92 Å². The molecule has 26 heavy (non-hydrogen) atoms. The van der Waals surface area contributed by atoms with Crippen LogP contribution in [0.5, 0.6) is 0 Å². The molecule has 0 heterocycles. The maximum absolute atomic E-state index is 12.7. The van der Waals surface area contributed by atoms with Crippen molar-refractivity contribution in [2.75, 3.05) is 19.8 Å². The van der Waals surface area contributed by atoms with E-state index in [0.29, 0.717) is 19.8 Å². The Morgan fingerprint density at radius 3 is 1.77 bits per heavy atom. The number of carbonyl (C=O) groups is 1. The molecule has 0 bridgehead atoms. The van der Waals surface area contributed by atoms with E-state index in [1.165, 1.54) is 0 Å². The van der Waals surface area contributed by atoms with Crippen LogP contribution in [0.15, 0.2) is 30.3 Å². The Morgan fingerprint density at radius 2 is 1.35 bits per heavy atom. The monoisotopic (exact) mass is 382 g/mol. The molecule has 0 aliphatic rings. The molecule has 1 rings (SSSR count). The molecule has 0 aromatic heterocycles. The Balaban J connectivity index is 2.90. The van der Waals surface area contributed by atoms with Gasteiger partial charge in [-0.3, -0.25) is 4.79 Å². The number of esters is 1. The van der Waals surface area contributed by atoms with Crippen LogP contribution in [0.1, 0.15) is 65.4 Å². The summed E-state index contributed by atoms with van der Waals surface area (Å²) in [6.07, 6.45) is 2.54. The van der Waals surface area contributed by atoms with Gasteiger partial charge in [-0.25, -0.2) is 0 Å². The minimum atomic E-state index is -3.11. The van der Waals surface area contributed by atoms with E-state index >= 15 is 0 Å². The Labute approximate surface area is 159 Å². The van der Waals surface area contributed by atoms with Crippen molar-refractivity contribution in [3.63, 3.8) is 0 Å². The molecule has 0 fully saturated rings. The second-order valence-electron chi connectivity index (χ2n) is 6.36. The molecule has 5 nitrogen and oxygen atoms in total. The third-order valence-corrected chi connectivity index (χ3v) is 6.90. The number of hydrogen-bond donors (Lipinski definition) is 0. The molecule has 0 radical (unpaired) electrons. The zero-order chi connectivity index (χ0) is 19.4. The van der Waals surface area contributed by atoms with Crippen LogP contribution in [-0.2, 0) is 22.8 Å². The summed E-state index contributed by atoms with van der Waals surface area (Å²) in [7, 11) is -3.11. The van der Waals surface area contributed by atoms with Crippen molar-refractivity contribution in [3.05, 3.63) is 35.9 Å². The minimum absolute atomic E-state index is 0.291. The van der Waals surface area contributed by atoms with Crippen LogP contribution in [0.2, 0.25) is 0 Å². The third-order valence-electron chi connectivity index (χ3n) is 3.97. The Morgan fingerprint density at radius 1 is 0.885 bits per heavy atom. The van der Waals surface area contributed by atoms with Crippen molar-refractivity contribution in [1.29, 1.82) is 0 Å². The van der Waals surface area contributed by atoms with Gasteiger partial charge >= 0.3 is 14.8 Å². The van der Waals surface area contributed by atoms with Gasteiger partial charge in [0.2, 0.25) is 0 Å². The number of hydrogen-bond acceptors (Lipinski definition) is 5. The average molecular weight is 383 g/mol. The number of ether oxygens (including phenoxy) is 1. The molecule has 0 spiro atoms. The van der Waals surface area contributed by atoms with Gasteiger partial charge in [-0.1, -0.05) is 51.1 Å². The van der Waals surface area contributed by atoms with Crippen molar-refractivity contribution in [2.45, 2.75) is 65.5 Å². The largest absolute Gasteiger partial charge is 0.543 e. The van der Waals surface area contributed by atoms with Crippen molar-refractivity contribution in [2.24, 2.45) is 0 Å². The van der Waals surface area contributed by atoms with Crippen LogP contribution in [0.25, 0.3) is 0 Å². The molecule has 0 aliphatic heterocycles. The smallest absolute Gasteiger partial charge is 0.458 e. The van der Waals surface area contributed by atoms with Crippen molar-refractivity contribution in [3.8, 4) is 0 Å². The summed E-state index contributed by atoms with van der Waals surface area (Å²) in [5.74, 6) is -0.644. The van der Waals surface area contributed by atoms with E-state index in [0.717, 1.165) is 24.8 Å². The quantitative estimate of drug-likeness (QED) is 0.372. The maximum Gasteiger partial charge on any atom is 0.543 e. The van der Waals surface area contributed by atoms with E-state index in [-0.39, 0.29) is 11.9 Å². The lowest BCUT2D eigenvalue weighted by Crippen LogP contribution is -2.57. The summed E-state index contributed by atoms with van der Waals surface area (Å²) in [4.78, 5) is 12.7. The highest BCUT2D eigenvalue weighted by molar-refractivity contribution is 6.62. The number of carbonyl (C=O) groups excluding carboxylic acids is 1. The van der Waals surface area contributed by atoms with Gasteiger partial charge in [0.25, 0.3) is 0 Å². The molecular formula is C20H34O5Si. The molecular weight excluding hydrogens is 348 g/mol. The normalized spacial score (nSPS) is 14.0. The predicted molar refractivity (Wildman–Crippen MR) is 105 cm³/mol. The van der Waals surface area contributed by atoms with Crippen LogP contribution in [0.4, 0.5) is 0 Å². The van der Waals surface area contributed by atoms with Gasteiger partial charge in [-0.2, -0.15) is 0 Å². The highest BCUT2D eigenvalue weighted by Gasteiger charge is 2.50. The standard InChI is InChI=1S/C20H34O5Si/c1-6-14-22-26(23-15-7-2,24-16-8-3)18(5)25-20(21)17(4)19-12-10-9-11-13-19/h9-13,17-18H,6-8,14-16H2,1-5H3. The number of benzene rings is 1. The van der Waals surface area contributed by atoms with Gasteiger partial charge in [-0.15, -0.1) is 0 Å². The molecule has 0 N–H and O–H groups in total. The van der Waals surface area contributed by atoms with Crippen molar-refractivity contribution in [1.82, 2.24) is 0 Å². The lowest BCUT2D eigenvalue weighted by atomic mass is 10.0. The van der Waals surface area contributed by atoms with Gasteiger partial charge in [-0.05, 0) is 38.7 Å². The fraction of sp³-hybridized carbons (Fsp3) is 0.650. The summed E-state index contributed by atoms with van der Waals surface area (Å²) < 4.78 is 23.9. The molecule has 148 valence electrons. The second-order valence-corrected chi connectivity index (χ2v) is 9.25. The fourth-order valence-corrected chi connectivity index (χ4v) is 5.12.